The van der Waals surface area contributed by atoms with Crippen molar-refractivity contribution in [1.29, 1.82) is 0 Å². The number of benzene rings is 1. The molecule has 0 saturated carbocycles. The second-order valence-corrected chi connectivity index (χ2v) is 6.41. The van der Waals surface area contributed by atoms with Crippen molar-refractivity contribution in [3.8, 4) is 0 Å². The van der Waals surface area contributed by atoms with Crippen LogP contribution in [0.25, 0.3) is 0 Å². The summed E-state index contributed by atoms with van der Waals surface area (Å²) in [6, 6.07) is 11.4. The molecular weight excluding hydrogens is 316 g/mol. The third-order valence-electron chi connectivity index (χ3n) is 4.57. The minimum absolute atomic E-state index is 0.0577. The van der Waals surface area contributed by atoms with Crippen LogP contribution in [0.2, 0.25) is 0 Å². The number of aromatic nitrogens is 2. The first-order valence-corrected chi connectivity index (χ1v) is 8.69. The number of rotatable bonds is 5. The van der Waals surface area contributed by atoms with Gasteiger partial charge in [0.25, 0.3) is 0 Å². The van der Waals surface area contributed by atoms with Gasteiger partial charge in [0.2, 0.25) is 0 Å². The van der Waals surface area contributed by atoms with E-state index in [1.165, 1.54) is 0 Å². The average molecular weight is 340 g/mol. The molecule has 6 heteroatoms. The molecule has 0 bridgehead atoms. The van der Waals surface area contributed by atoms with Crippen LogP contribution in [0, 0.1) is 6.92 Å². The molecule has 1 aliphatic rings. The van der Waals surface area contributed by atoms with E-state index in [0.717, 1.165) is 30.6 Å². The van der Waals surface area contributed by atoms with Gasteiger partial charge in [-0.05, 0) is 37.8 Å². The Labute approximate surface area is 147 Å². The largest absolute Gasteiger partial charge is 0.388 e. The summed E-state index contributed by atoms with van der Waals surface area (Å²) < 4.78 is 0. The predicted octanol–water partition coefficient (Wildman–Crippen LogP) is 2.58. The summed E-state index contributed by atoms with van der Waals surface area (Å²) >= 11 is 0. The number of urea groups is 1. The molecule has 0 aliphatic carbocycles. The lowest BCUT2D eigenvalue weighted by Crippen LogP contribution is -2.43. The summed E-state index contributed by atoms with van der Waals surface area (Å²) in [6.07, 6.45) is 3.59. The molecule has 0 radical (unpaired) electrons. The third kappa shape index (κ3) is 4.54. The molecule has 0 unspecified atom stereocenters. The Kier molecular flexibility index (Phi) is 5.60. The summed E-state index contributed by atoms with van der Waals surface area (Å²) in [7, 11) is 0. The summed E-state index contributed by atoms with van der Waals surface area (Å²) in [4.78, 5) is 22.7. The molecule has 1 aromatic heterocycles. The van der Waals surface area contributed by atoms with Gasteiger partial charge < -0.3 is 15.3 Å². The standard InChI is InChI=1S/C19H24N4O2/c1-14-20-10-9-16(22-14)13-21-19(25)23-11-5-8-17(23)12-18(24)15-6-3-2-4-7-15/h2-4,6-7,9-10,17-18,24H,5,8,11-13H2,1H3,(H,21,25)/t17-,18+/m1/s1. The van der Waals surface area contributed by atoms with Gasteiger partial charge >= 0.3 is 6.03 Å². The van der Waals surface area contributed by atoms with E-state index in [0.29, 0.717) is 18.8 Å². The molecule has 6 nitrogen and oxygen atoms in total. The zero-order chi connectivity index (χ0) is 17.6. The van der Waals surface area contributed by atoms with Crippen LogP contribution >= 0.6 is 0 Å². The fraction of sp³-hybridized carbons (Fsp3) is 0.421. The van der Waals surface area contributed by atoms with Gasteiger partial charge in [-0.15, -0.1) is 0 Å². The Morgan fingerprint density at radius 2 is 2.16 bits per heavy atom. The van der Waals surface area contributed by atoms with Gasteiger partial charge in [-0.3, -0.25) is 0 Å². The van der Waals surface area contributed by atoms with Crippen LogP contribution in [-0.2, 0) is 6.54 Å². The number of likely N-dealkylation sites (tertiary alicyclic amines) is 1. The topological polar surface area (TPSA) is 78.4 Å². The van der Waals surface area contributed by atoms with E-state index >= 15 is 0 Å². The lowest BCUT2D eigenvalue weighted by atomic mass is 10.0. The minimum atomic E-state index is -0.552. The number of nitrogens with zero attached hydrogens (tertiary/aromatic N) is 3. The first-order valence-electron chi connectivity index (χ1n) is 8.69. The predicted molar refractivity (Wildman–Crippen MR) is 94.8 cm³/mol. The van der Waals surface area contributed by atoms with Crippen molar-refractivity contribution in [2.75, 3.05) is 6.54 Å². The molecule has 2 amide bonds. The van der Waals surface area contributed by atoms with Crippen molar-refractivity contribution < 1.29 is 9.90 Å². The SMILES string of the molecule is Cc1nccc(CNC(=O)N2CCC[C@@H]2C[C@H](O)c2ccccc2)n1. The van der Waals surface area contributed by atoms with Crippen molar-refractivity contribution in [2.45, 2.75) is 44.9 Å². The van der Waals surface area contributed by atoms with E-state index in [1.807, 2.05) is 42.2 Å². The highest BCUT2D eigenvalue weighted by Crippen LogP contribution is 2.27. The quantitative estimate of drug-likeness (QED) is 0.877. The van der Waals surface area contributed by atoms with Gasteiger partial charge in [-0.1, -0.05) is 30.3 Å². The lowest BCUT2D eigenvalue weighted by Gasteiger charge is -2.27. The first-order chi connectivity index (χ1) is 12.1. The van der Waals surface area contributed by atoms with Crippen LogP contribution in [0.3, 0.4) is 0 Å². The number of carbonyl (C=O) groups excluding carboxylic acids is 1. The molecule has 1 saturated heterocycles. The Hall–Kier alpha value is -2.47. The van der Waals surface area contributed by atoms with E-state index in [1.54, 1.807) is 12.3 Å². The van der Waals surface area contributed by atoms with Crippen molar-refractivity contribution in [2.24, 2.45) is 0 Å². The van der Waals surface area contributed by atoms with Crippen molar-refractivity contribution in [3.63, 3.8) is 0 Å². The van der Waals surface area contributed by atoms with Crippen LogP contribution in [0.5, 0.6) is 0 Å². The van der Waals surface area contributed by atoms with Gasteiger partial charge in [-0.2, -0.15) is 0 Å². The minimum Gasteiger partial charge on any atom is -0.388 e. The second-order valence-electron chi connectivity index (χ2n) is 6.41. The Morgan fingerprint density at radius 3 is 2.92 bits per heavy atom. The second kappa shape index (κ2) is 8.07. The first kappa shape index (κ1) is 17.4. The number of amides is 2. The molecule has 132 valence electrons. The summed E-state index contributed by atoms with van der Waals surface area (Å²) in [5.41, 5.74) is 1.69. The van der Waals surface area contributed by atoms with E-state index in [-0.39, 0.29) is 12.1 Å². The van der Waals surface area contributed by atoms with Crippen LogP contribution < -0.4 is 5.32 Å². The number of aliphatic hydroxyl groups excluding tert-OH is 1. The normalized spacial score (nSPS) is 18.2. The molecule has 2 heterocycles. The van der Waals surface area contributed by atoms with E-state index in [2.05, 4.69) is 15.3 Å². The number of nitrogens with one attached hydrogen (secondary N) is 1. The molecule has 2 N–H and O–H groups in total. The van der Waals surface area contributed by atoms with E-state index in [9.17, 15) is 9.90 Å². The smallest absolute Gasteiger partial charge is 0.317 e. The fourth-order valence-corrected chi connectivity index (χ4v) is 3.29. The van der Waals surface area contributed by atoms with Crippen LogP contribution in [-0.4, -0.2) is 38.6 Å². The van der Waals surface area contributed by atoms with Crippen molar-refractivity contribution in [3.05, 3.63) is 59.7 Å². The molecule has 2 atom stereocenters. The number of hydrogen-bond donors (Lipinski definition) is 2. The average Bonchev–Trinajstić information content (AvgIpc) is 3.08. The molecular formula is C19H24N4O2. The van der Waals surface area contributed by atoms with Crippen LogP contribution in [0.1, 0.15) is 42.4 Å². The third-order valence-corrected chi connectivity index (χ3v) is 4.57. The summed E-state index contributed by atoms with van der Waals surface area (Å²) in [5, 5.41) is 13.4. The lowest BCUT2D eigenvalue weighted by molar-refractivity contribution is 0.126. The molecule has 0 spiro atoms. The zero-order valence-electron chi connectivity index (χ0n) is 14.4. The Balaban J connectivity index is 1.56. The van der Waals surface area contributed by atoms with Crippen LogP contribution in [0.4, 0.5) is 4.79 Å². The maximum absolute atomic E-state index is 12.5. The number of aliphatic hydroxyl groups is 1. The summed E-state index contributed by atoms with van der Waals surface area (Å²) in [5.74, 6) is 0.691. The van der Waals surface area contributed by atoms with Crippen molar-refractivity contribution >= 4 is 6.03 Å². The van der Waals surface area contributed by atoms with Gasteiger partial charge in [0.15, 0.2) is 0 Å². The fourth-order valence-electron chi connectivity index (χ4n) is 3.29. The van der Waals surface area contributed by atoms with Gasteiger partial charge in [0.1, 0.15) is 5.82 Å². The van der Waals surface area contributed by atoms with E-state index < -0.39 is 6.10 Å². The molecule has 25 heavy (non-hydrogen) atoms. The molecule has 1 aromatic carbocycles. The highest BCUT2D eigenvalue weighted by atomic mass is 16.3. The van der Waals surface area contributed by atoms with Gasteiger partial charge in [-0.25, -0.2) is 14.8 Å². The molecule has 3 rings (SSSR count). The molecule has 1 aliphatic heterocycles. The number of aryl methyl sites for hydroxylation is 1. The van der Waals surface area contributed by atoms with Crippen LogP contribution in [0.15, 0.2) is 42.6 Å². The van der Waals surface area contributed by atoms with Gasteiger partial charge in [0.05, 0.1) is 18.3 Å². The molecule has 1 fully saturated rings. The highest BCUT2D eigenvalue weighted by molar-refractivity contribution is 5.74. The van der Waals surface area contributed by atoms with Gasteiger partial charge in [0, 0.05) is 18.8 Å². The maximum atomic E-state index is 12.5. The maximum Gasteiger partial charge on any atom is 0.317 e. The number of carbonyl (C=O) groups is 1. The van der Waals surface area contributed by atoms with Crippen molar-refractivity contribution in [1.82, 2.24) is 20.2 Å². The zero-order valence-corrected chi connectivity index (χ0v) is 14.4. The highest BCUT2D eigenvalue weighted by Gasteiger charge is 2.30. The number of hydrogen-bond acceptors (Lipinski definition) is 4. The van der Waals surface area contributed by atoms with E-state index in [4.69, 9.17) is 0 Å². The Morgan fingerprint density at radius 1 is 1.36 bits per heavy atom. The monoisotopic (exact) mass is 340 g/mol. The summed E-state index contributed by atoms with van der Waals surface area (Å²) in [6.45, 7) is 2.93. The Bertz CT molecular complexity index is 708. The molecule has 2 aromatic rings.